The van der Waals surface area contributed by atoms with Gasteiger partial charge in [-0.15, -0.1) is 0 Å². The fourth-order valence-corrected chi connectivity index (χ4v) is 5.13. The van der Waals surface area contributed by atoms with E-state index in [0.29, 0.717) is 35.3 Å². The topological polar surface area (TPSA) is 57.7 Å². The van der Waals surface area contributed by atoms with Crippen molar-refractivity contribution in [2.45, 2.75) is 31.6 Å². The molecule has 0 aromatic heterocycles. The second-order valence-corrected chi connectivity index (χ2v) is 9.62. The van der Waals surface area contributed by atoms with E-state index in [1.54, 1.807) is 60.4 Å². The summed E-state index contributed by atoms with van der Waals surface area (Å²) >= 11 is 6.05. The maximum absolute atomic E-state index is 13.4. The minimum absolute atomic E-state index is 0.157. The molecule has 2 aromatic rings. The van der Waals surface area contributed by atoms with Gasteiger partial charge in [0.05, 0.1) is 10.6 Å². The molecule has 0 bridgehead atoms. The molecule has 0 aliphatic carbocycles. The van der Waals surface area contributed by atoms with Crippen LogP contribution in [0.15, 0.2) is 53.4 Å². The van der Waals surface area contributed by atoms with Crippen molar-refractivity contribution >= 4 is 33.2 Å². The van der Waals surface area contributed by atoms with Gasteiger partial charge in [0, 0.05) is 18.1 Å². The van der Waals surface area contributed by atoms with Crippen LogP contribution < -0.4 is 4.31 Å². The number of carbonyl (C=O) groups excluding carboxylic acids is 1. The number of piperidine rings is 1. The van der Waals surface area contributed by atoms with Gasteiger partial charge in [-0.1, -0.05) is 36.7 Å². The largest absolute Gasteiger partial charge is 0.341 e. The smallest absolute Gasteiger partial charge is 0.264 e. The Hall–Kier alpha value is -2.05. The fourth-order valence-electron chi connectivity index (χ4n) is 3.40. The number of aryl methyl sites for hydroxylation is 1. The summed E-state index contributed by atoms with van der Waals surface area (Å²) in [7, 11) is -3.89. The number of carbonyl (C=O) groups is 1. The summed E-state index contributed by atoms with van der Waals surface area (Å²) in [6, 6.07) is 13.2. The molecule has 1 heterocycles. The zero-order chi connectivity index (χ0) is 20.3. The number of likely N-dealkylation sites (tertiary alicyclic amines) is 1. The summed E-state index contributed by atoms with van der Waals surface area (Å²) in [4.78, 5) is 14.9. The maximum Gasteiger partial charge on any atom is 0.264 e. The highest BCUT2D eigenvalue weighted by Gasteiger charge is 2.30. The summed E-state index contributed by atoms with van der Waals surface area (Å²) in [5.41, 5.74) is 1.17. The third kappa shape index (κ3) is 4.50. The quantitative estimate of drug-likeness (QED) is 0.731. The number of benzene rings is 2. The van der Waals surface area contributed by atoms with Crippen molar-refractivity contribution in [3.8, 4) is 0 Å². The lowest BCUT2D eigenvalue weighted by Gasteiger charge is -2.33. The average molecular weight is 421 g/mol. The first-order valence-corrected chi connectivity index (χ1v) is 11.2. The number of sulfonamides is 1. The lowest BCUT2D eigenvalue weighted by Crippen LogP contribution is -2.46. The number of hydrogen-bond acceptors (Lipinski definition) is 3. The van der Waals surface area contributed by atoms with Crippen molar-refractivity contribution in [3.05, 3.63) is 59.1 Å². The molecule has 1 aliphatic rings. The minimum atomic E-state index is -3.89. The van der Waals surface area contributed by atoms with Gasteiger partial charge < -0.3 is 4.90 Å². The predicted molar refractivity (Wildman–Crippen MR) is 112 cm³/mol. The number of nitrogens with zero attached hydrogens (tertiary/aromatic N) is 2. The van der Waals surface area contributed by atoms with Crippen molar-refractivity contribution in [2.24, 2.45) is 5.92 Å². The molecule has 5 nitrogen and oxygen atoms in total. The van der Waals surface area contributed by atoms with Crippen LogP contribution in [0.5, 0.6) is 0 Å². The second-order valence-electron chi connectivity index (χ2n) is 7.32. The van der Waals surface area contributed by atoms with Gasteiger partial charge in [-0.2, -0.15) is 0 Å². The van der Waals surface area contributed by atoms with Crippen molar-refractivity contribution < 1.29 is 13.2 Å². The van der Waals surface area contributed by atoms with Crippen LogP contribution in [0.1, 0.15) is 25.3 Å². The Kier molecular flexibility index (Phi) is 6.30. The fraction of sp³-hybridized carbons (Fsp3) is 0.381. The van der Waals surface area contributed by atoms with Crippen LogP contribution in [-0.4, -0.2) is 38.9 Å². The highest BCUT2D eigenvalue weighted by atomic mass is 35.5. The first-order valence-electron chi connectivity index (χ1n) is 9.41. The van der Waals surface area contributed by atoms with E-state index in [1.807, 2.05) is 0 Å². The predicted octanol–water partition coefficient (Wildman–Crippen LogP) is 4.10. The van der Waals surface area contributed by atoms with Crippen molar-refractivity contribution in [3.63, 3.8) is 0 Å². The number of halogens is 1. The molecule has 2 aromatic carbocycles. The molecule has 0 N–H and O–H groups in total. The van der Waals surface area contributed by atoms with E-state index in [0.717, 1.165) is 12.8 Å². The monoisotopic (exact) mass is 420 g/mol. The van der Waals surface area contributed by atoms with Gasteiger partial charge in [0.15, 0.2) is 0 Å². The van der Waals surface area contributed by atoms with Crippen molar-refractivity contribution in [1.82, 2.24) is 4.90 Å². The highest BCUT2D eigenvalue weighted by molar-refractivity contribution is 7.92. The summed E-state index contributed by atoms with van der Waals surface area (Å²) in [6.45, 7) is 5.07. The lowest BCUT2D eigenvalue weighted by atomic mass is 9.99. The van der Waals surface area contributed by atoms with E-state index >= 15 is 0 Å². The number of amides is 1. The molecular formula is C21H25ClN2O3S. The molecule has 0 atom stereocenters. The average Bonchev–Trinajstić information content (AvgIpc) is 2.67. The molecule has 0 saturated carbocycles. The molecule has 150 valence electrons. The molecule has 1 amide bonds. The van der Waals surface area contributed by atoms with E-state index in [2.05, 4.69) is 6.92 Å². The van der Waals surface area contributed by atoms with Crippen molar-refractivity contribution in [2.75, 3.05) is 23.9 Å². The molecule has 1 aliphatic heterocycles. The van der Waals surface area contributed by atoms with Crippen LogP contribution in [0, 0.1) is 12.8 Å². The third-order valence-electron chi connectivity index (χ3n) is 5.17. The van der Waals surface area contributed by atoms with E-state index in [1.165, 1.54) is 4.31 Å². The van der Waals surface area contributed by atoms with Crippen LogP contribution in [-0.2, 0) is 14.8 Å². The molecule has 1 saturated heterocycles. The molecular weight excluding hydrogens is 396 g/mol. The molecule has 28 heavy (non-hydrogen) atoms. The van der Waals surface area contributed by atoms with Crippen molar-refractivity contribution in [1.29, 1.82) is 0 Å². The Balaban J connectivity index is 1.96. The van der Waals surface area contributed by atoms with Crippen LogP contribution >= 0.6 is 11.6 Å². The lowest BCUT2D eigenvalue weighted by molar-refractivity contribution is -0.130. The third-order valence-corrected chi connectivity index (χ3v) is 7.18. The van der Waals surface area contributed by atoms with Gasteiger partial charge in [0.2, 0.25) is 5.91 Å². The molecule has 7 heteroatoms. The first-order chi connectivity index (χ1) is 13.3. The van der Waals surface area contributed by atoms with E-state index in [9.17, 15) is 13.2 Å². The van der Waals surface area contributed by atoms with Gasteiger partial charge in [0.25, 0.3) is 10.0 Å². The van der Waals surface area contributed by atoms with Crippen LogP contribution in [0.25, 0.3) is 0 Å². The van der Waals surface area contributed by atoms with Gasteiger partial charge in [0.1, 0.15) is 6.54 Å². The van der Waals surface area contributed by atoms with Gasteiger partial charge in [-0.05, 0) is 61.6 Å². The second kappa shape index (κ2) is 8.53. The summed E-state index contributed by atoms with van der Waals surface area (Å²) in [5.74, 6) is 0.410. The standard InChI is InChI=1S/C21H25ClN2O3S/c1-16-10-12-23(13-11-16)21(25)15-24(20-9-8-18(22)14-17(20)2)28(26,27)19-6-4-3-5-7-19/h3-9,14,16H,10-13,15H2,1-2H3. The molecule has 3 rings (SSSR count). The number of anilines is 1. The molecule has 0 radical (unpaired) electrons. The Bertz CT molecular complexity index is 939. The first kappa shape index (κ1) is 20.7. The van der Waals surface area contributed by atoms with Gasteiger partial charge >= 0.3 is 0 Å². The van der Waals surface area contributed by atoms with E-state index in [-0.39, 0.29) is 17.3 Å². The SMILES string of the molecule is Cc1cc(Cl)ccc1N(CC(=O)N1CCC(C)CC1)S(=O)(=O)c1ccccc1. The Morgan fingerprint density at radius 2 is 1.79 bits per heavy atom. The minimum Gasteiger partial charge on any atom is -0.341 e. The van der Waals surface area contributed by atoms with E-state index in [4.69, 9.17) is 11.6 Å². The molecule has 0 unspecified atom stereocenters. The highest BCUT2D eigenvalue weighted by Crippen LogP contribution is 2.29. The maximum atomic E-state index is 13.4. The van der Waals surface area contributed by atoms with Crippen LogP contribution in [0.2, 0.25) is 5.02 Å². The van der Waals surface area contributed by atoms with Crippen LogP contribution in [0.4, 0.5) is 5.69 Å². The van der Waals surface area contributed by atoms with Gasteiger partial charge in [-0.25, -0.2) is 8.42 Å². The summed E-state index contributed by atoms with van der Waals surface area (Å²) < 4.78 is 27.9. The molecule has 1 fully saturated rings. The normalized spacial score (nSPS) is 15.5. The van der Waals surface area contributed by atoms with Crippen LogP contribution in [0.3, 0.4) is 0 Å². The summed E-state index contributed by atoms with van der Waals surface area (Å²) in [5, 5.41) is 0.523. The van der Waals surface area contributed by atoms with E-state index < -0.39 is 10.0 Å². The zero-order valence-corrected chi connectivity index (χ0v) is 17.7. The number of rotatable bonds is 5. The Labute approximate surface area is 172 Å². The molecule has 0 spiro atoms. The number of hydrogen-bond donors (Lipinski definition) is 0. The Morgan fingerprint density at radius 3 is 2.39 bits per heavy atom. The summed E-state index contributed by atoms with van der Waals surface area (Å²) in [6.07, 6.45) is 1.88. The zero-order valence-electron chi connectivity index (χ0n) is 16.1. The van der Waals surface area contributed by atoms with Gasteiger partial charge in [-0.3, -0.25) is 9.10 Å². The Morgan fingerprint density at radius 1 is 1.14 bits per heavy atom.